The number of hydrogen-bond acceptors (Lipinski definition) is 1. The number of rotatable bonds is 2. The lowest BCUT2D eigenvalue weighted by atomic mass is 10.1. The predicted octanol–water partition coefficient (Wildman–Crippen LogP) is 3.36. The Kier molecular flexibility index (Phi) is 3.57. The van der Waals surface area contributed by atoms with Crippen LogP contribution in [0.2, 0.25) is 5.02 Å². The highest BCUT2D eigenvalue weighted by atomic mass is 35.5. The molecule has 1 nitrogen and oxygen atoms in total. The number of hydrogen-bond donors (Lipinski definition) is 1. The second kappa shape index (κ2) is 4.37. The number of halogens is 5. The molecule has 0 aliphatic carbocycles. The van der Waals surface area contributed by atoms with Gasteiger partial charge >= 0.3 is 6.18 Å². The summed E-state index contributed by atoms with van der Waals surface area (Å²) in [4.78, 5) is 0. The molecule has 0 spiro atoms. The van der Waals surface area contributed by atoms with Gasteiger partial charge in [-0.2, -0.15) is 13.2 Å². The van der Waals surface area contributed by atoms with E-state index in [2.05, 4.69) is 0 Å². The highest BCUT2D eigenvalue weighted by molar-refractivity contribution is 6.31. The lowest BCUT2D eigenvalue weighted by Gasteiger charge is -2.12. The topological polar surface area (TPSA) is 20.2 Å². The summed E-state index contributed by atoms with van der Waals surface area (Å²) in [5, 5.41) is 8.98. The molecule has 1 aromatic carbocycles. The fourth-order valence-electron chi connectivity index (χ4n) is 1.06. The van der Waals surface area contributed by atoms with Crippen molar-refractivity contribution in [3.05, 3.63) is 34.3 Å². The predicted molar refractivity (Wildman–Crippen MR) is 47.4 cm³/mol. The zero-order valence-electron chi connectivity index (χ0n) is 7.35. The monoisotopic (exact) mass is 242 g/mol. The van der Waals surface area contributed by atoms with Crippen molar-refractivity contribution >= 4 is 11.6 Å². The minimum Gasteiger partial charge on any atom is -0.386 e. The molecule has 1 aromatic rings. The number of alkyl halides is 4. The van der Waals surface area contributed by atoms with Crippen molar-refractivity contribution in [1.29, 1.82) is 0 Å². The smallest absolute Gasteiger partial charge is 0.386 e. The van der Waals surface area contributed by atoms with E-state index in [-0.39, 0.29) is 10.6 Å². The molecule has 0 amide bonds. The van der Waals surface area contributed by atoms with Gasteiger partial charge in [-0.25, -0.2) is 4.39 Å². The second-order valence-corrected chi connectivity index (χ2v) is 3.31. The number of aliphatic hydroxyl groups excluding tert-OH is 1. The summed E-state index contributed by atoms with van der Waals surface area (Å²) in [6.07, 6.45) is -6.16. The first-order valence-electron chi connectivity index (χ1n) is 3.97. The minimum atomic E-state index is -4.53. The van der Waals surface area contributed by atoms with E-state index in [0.717, 1.165) is 12.1 Å². The Balaban J connectivity index is 3.17. The number of benzene rings is 1. The normalized spacial score (nSPS) is 14.0. The summed E-state index contributed by atoms with van der Waals surface area (Å²) in [5.74, 6) is 0. The van der Waals surface area contributed by atoms with Crippen LogP contribution in [-0.2, 0) is 6.18 Å². The van der Waals surface area contributed by atoms with Crippen LogP contribution >= 0.6 is 11.6 Å². The molecule has 0 heterocycles. The lowest BCUT2D eigenvalue weighted by molar-refractivity contribution is -0.137. The Morgan fingerprint density at radius 3 is 2.40 bits per heavy atom. The Morgan fingerprint density at radius 2 is 1.93 bits per heavy atom. The number of aliphatic hydroxyl groups is 1. The van der Waals surface area contributed by atoms with Gasteiger partial charge in [-0.3, -0.25) is 0 Å². The lowest BCUT2D eigenvalue weighted by Crippen LogP contribution is -2.08. The zero-order chi connectivity index (χ0) is 11.6. The van der Waals surface area contributed by atoms with Gasteiger partial charge in [0.05, 0.1) is 5.56 Å². The van der Waals surface area contributed by atoms with Gasteiger partial charge in [-0.05, 0) is 18.2 Å². The van der Waals surface area contributed by atoms with Gasteiger partial charge in [0, 0.05) is 10.6 Å². The van der Waals surface area contributed by atoms with E-state index in [1.807, 2.05) is 0 Å². The summed E-state index contributed by atoms with van der Waals surface area (Å²) in [5.41, 5.74) is -1.22. The molecule has 1 N–H and O–H groups in total. The van der Waals surface area contributed by atoms with Crippen LogP contribution in [0.3, 0.4) is 0 Å². The van der Waals surface area contributed by atoms with Gasteiger partial charge in [0.2, 0.25) is 0 Å². The van der Waals surface area contributed by atoms with E-state index in [9.17, 15) is 17.6 Å². The van der Waals surface area contributed by atoms with Crippen LogP contribution in [-0.4, -0.2) is 11.8 Å². The molecule has 15 heavy (non-hydrogen) atoms. The molecule has 0 aliphatic heterocycles. The van der Waals surface area contributed by atoms with Crippen LogP contribution in [0.1, 0.15) is 17.2 Å². The molecule has 6 heteroatoms. The molecule has 0 aromatic heterocycles. The third-order valence-electron chi connectivity index (χ3n) is 1.83. The van der Waals surface area contributed by atoms with Crippen LogP contribution in [0.4, 0.5) is 17.6 Å². The first-order valence-corrected chi connectivity index (χ1v) is 4.34. The van der Waals surface area contributed by atoms with Crippen molar-refractivity contribution in [2.75, 3.05) is 6.67 Å². The first-order chi connectivity index (χ1) is 6.86. The molecule has 84 valence electrons. The maximum Gasteiger partial charge on any atom is 0.416 e. The van der Waals surface area contributed by atoms with Gasteiger partial charge in [-0.15, -0.1) is 0 Å². The quantitative estimate of drug-likeness (QED) is 0.789. The van der Waals surface area contributed by atoms with Crippen LogP contribution < -0.4 is 0 Å². The summed E-state index contributed by atoms with van der Waals surface area (Å²) >= 11 is 5.53. The van der Waals surface area contributed by atoms with Crippen LogP contribution in [0.15, 0.2) is 18.2 Å². The van der Waals surface area contributed by atoms with Crippen molar-refractivity contribution in [3.63, 3.8) is 0 Å². The molecule has 0 bridgehead atoms. The summed E-state index contributed by atoms with van der Waals surface area (Å²) in [6.45, 7) is -1.18. The second-order valence-electron chi connectivity index (χ2n) is 2.90. The van der Waals surface area contributed by atoms with Crippen molar-refractivity contribution in [1.82, 2.24) is 0 Å². The van der Waals surface area contributed by atoms with Gasteiger partial charge in [-0.1, -0.05) is 11.6 Å². The third-order valence-corrected chi connectivity index (χ3v) is 2.17. The summed E-state index contributed by atoms with van der Waals surface area (Å²) in [6, 6.07) is 2.40. The van der Waals surface area contributed by atoms with Crippen molar-refractivity contribution in [2.24, 2.45) is 0 Å². The van der Waals surface area contributed by atoms with Crippen LogP contribution in [0, 0.1) is 0 Å². The molecular weight excluding hydrogens is 236 g/mol. The van der Waals surface area contributed by atoms with Gasteiger partial charge in [0.1, 0.15) is 12.8 Å². The van der Waals surface area contributed by atoms with Gasteiger partial charge in [0.15, 0.2) is 0 Å². The largest absolute Gasteiger partial charge is 0.416 e. The summed E-state index contributed by atoms with van der Waals surface area (Å²) in [7, 11) is 0. The fraction of sp³-hybridized carbons (Fsp3) is 0.333. The molecule has 0 saturated heterocycles. The molecule has 1 atom stereocenters. The van der Waals surface area contributed by atoms with E-state index in [1.165, 1.54) is 0 Å². The van der Waals surface area contributed by atoms with Gasteiger partial charge in [0.25, 0.3) is 0 Å². The Bertz CT molecular complexity index is 350. The van der Waals surface area contributed by atoms with E-state index in [0.29, 0.717) is 6.07 Å². The average Bonchev–Trinajstić information content (AvgIpc) is 2.15. The summed E-state index contributed by atoms with van der Waals surface area (Å²) < 4.78 is 48.8. The van der Waals surface area contributed by atoms with Crippen molar-refractivity contribution in [3.8, 4) is 0 Å². The zero-order valence-corrected chi connectivity index (χ0v) is 8.11. The fourth-order valence-corrected chi connectivity index (χ4v) is 1.30. The highest BCUT2D eigenvalue weighted by Gasteiger charge is 2.31. The molecule has 1 rings (SSSR count). The molecule has 0 fully saturated rings. The maximum atomic E-state index is 12.2. The molecule has 0 saturated carbocycles. The molecular formula is C9H7ClF4O. The van der Waals surface area contributed by atoms with Crippen LogP contribution in [0.5, 0.6) is 0 Å². The molecule has 0 radical (unpaired) electrons. The standard InChI is InChI=1S/C9H7ClF4O/c10-7-2-1-5(9(12,13)14)3-6(7)8(15)4-11/h1-3,8,15H,4H2. The van der Waals surface area contributed by atoms with Crippen molar-refractivity contribution in [2.45, 2.75) is 12.3 Å². The molecule has 1 unspecified atom stereocenters. The Hall–Kier alpha value is -0.810. The van der Waals surface area contributed by atoms with Crippen molar-refractivity contribution < 1.29 is 22.7 Å². The first kappa shape index (κ1) is 12.3. The SMILES string of the molecule is OC(CF)c1cc(C(F)(F)F)ccc1Cl. The molecule has 0 aliphatic rings. The van der Waals surface area contributed by atoms with Gasteiger partial charge < -0.3 is 5.11 Å². The van der Waals surface area contributed by atoms with E-state index in [1.54, 1.807) is 0 Å². The average molecular weight is 243 g/mol. The van der Waals surface area contributed by atoms with E-state index < -0.39 is 24.5 Å². The Labute approximate surface area is 88.3 Å². The van der Waals surface area contributed by atoms with E-state index >= 15 is 0 Å². The highest BCUT2D eigenvalue weighted by Crippen LogP contribution is 2.33. The van der Waals surface area contributed by atoms with E-state index in [4.69, 9.17) is 16.7 Å². The minimum absolute atomic E-state index is 0.0897. The maximum absolute atomic E-state index is 12.2. The third kappa shape index (κ3) is 2.82. The van der Waals surface area contributed by atoms with Crippen LogP contribution in [0.25, 0.3) is 0 Å². The Morgan fingerprint density at radius 1 is 1.33 bits per heavy atom.